The van der Waals surface area contributed by atoms with Crippen LogP contribution in [0.2, 0.25) is 0 Å². The highest BCUT2D eigenvalue weighted by Crippen LogP contribution is 2.30. The van der Waals surface area contributed by atoms with Crippen LogP contribution >= 0.6 is 15.9 Å². The normalized spacial score (nSPS) is 12.5. The number of nitrogens with zero attached hydrogens (tertiary/aromatic N) is 3. The summed E-state index contributed by atoms with van der Waals surface area (Å²) in [6.45, 7) is 11.1. The Balaban J connectivity index is 1.65. The molecule has 0 amide bonds. The lowest BCUT2D eigenvalue weighted by Gasteiger charge is -2.27. The first kappa shape index (κ1) is 33.0. The van der Waals surface area contributed by atoms with E-state index in [-0.39, 0.29) is 40.4 Å². The number of carboxylic acid groups (broad SMARTS) is 1. The van der Waals surface area contributed by atoms with Crippen molar-refractivity contribution in [2.45, 2.75) is 58.5 Å². The minimum atomic E-state index is -4.22. The maximum absolute atomic E-state index is 13.3. The highest BCUT2D eigenvalue weighted by Gasteiger charge is 2.22. The quantitative estimate of drug-likeness (QED) is 0.155. The zero-order chi connectivity index (χ0) is 32.1. The van der Waals surface area contributed by atoms with Gasteiger partial charge in [0.05, 0.1) is 21.8 Å². The van der Waals surface area contributed by atoms with Gasteiger partial charge in [-0.2, -0.15) is 4.98 Å². The standard InChI is InChI=1S/C32H36BrN5O5S/c1-20-8-6-9-21(2)29(20)27-15-28(37-31(36-27)38-44(41,42)26-11-7-10-22(14-26)30(39)40)43-19-25(16-32(3,4)5)35-18-24-13-12-23(33)17-34-24/h6-15,17,25,35H,16,18-19H2,1-5H3,(H,39,40)(H,36,37,38)/t25-/m1/s1. The van der Waals surface area contributed by atoms with E-state index in [1.165, 1.54) is 18.2 Å². The van der Waals surface area contributed by atoms with Crippen molar-refractivity contribution >= 4 is 37.9 Å². The minimum absolute atomic E-state index is 0.00541. The highest BCUT2D eigenvalue weighted by molar-refractivity contribution is 9.10. The first-order valence-electron chi connectivity index (χ1n) is 14.0. The van der Waals surface area contributed by atoms with E-state index >= 15 is 0 Å². The summed E-state index contributed by atoms with van der Waals surface area (Å²) < 4.78 is 36.1. The van der Waals surface area contributed by atoms with Crippen LogP contribution in [0.1, 0.15) is 54.4 Å². The van der Waals surface area contributed by atoms with Crippen LogP contribution in [0.25, 0.3) is 11.3 Å². The number of aromatic nitrogens is 3. The van der Waals surface area contributed by atoms with Crippen molar-refractivity contribution < 1.29 is 23.1 Å². The zero-order valence-corrected chi connectivity index (χ0v) is 27.7. The Kier molecular flexibility index (Phi) is 10.4. The Bertz CT molecular complexity index is 1720. The summed E-state index contributed by atoms with van der Waals surface area (Å²) in [7, 11) is -4.22. The highest BCUT2D eigenvalue weighted by atomic mass is 79.9. The number of hydrogen-bond donors (Lipinski definition) is 3. The zero-order valence-electron chi connectivity index (χ0n) is 25.3. The predicted octanol–water partition coefficient (Wildman–Crippen LogP) is 6.39. The van der Waals surface area contributed by atoms with Crippen LogP contribution in [0.5, 0.6) is 5.88 Å². The summed E-state index contributed by atoms with van der Waals surface area (Å²) in [6, 6.07) is 16.4. The second-order valence-electron chi connectivity index (χ2n) is 11.7. The molecular weight excluding hydrogens is 646 g/mol. The third-order valence-corrected chi connectivity index (χ3v) is 8.50. The molecule has 3 N–H and O–H groups in total. The number of aromatic carboxylic acids is 1. The number of sulfonamides is 1. The van der Waals surface area contributed by atoms with Gasteiger partial charge in [0.25, 0.3) is 10.0 Å². The number of pyridine rings is 1. The second kappa shape index (κ2) is 13.8. The molecule has 4 aromatic rings. The number of anilines is 1. The number of ether oxygens (including phenoxy) is 1. The average Bonchev–Trinajstić information content (AvgIpc) is 2.94. The predicted molar refractivity (Wildman–Crippen MR) is 173 cm³/mol. The smallest absolute Gasteiger partial charge is 0.335 e. The van der Waals surface area contributed by atoms with E-state index in [0.717, 1.165) is 39.3 Å². The second-order valence-corrected chi connectivity index (χ2v) is 14.3. The van der Waals surface area contributed by atoms with Crippen LogP contribution in [0.4, 0.5) is 5.95 Å². The fourth-order valence-electron chi connectivity index (χ4n) is 4.74. The van der Waals surface area contributed by atoms with Gasteiger partial charge in [0.2, 0.25) is 11.8 Å². The lowest BCUT2D eigenvalue weighted by molar-refractivity contribution is 0.0696. The maximum atomic E-state index is 13.3. The van der Waals surface area contributed by atoms with Gasteiger partial charge in [0.1, 0.15) is 6.61 Å². The van der Waals surface area contributed by atoms with Gasteiger partial charge in [-0.1, -0.05) is 45.0 Å². The lowest BCUT2D eigenvalue weighted by atomic mass is 9.88. The number of rotatable bonds is 12. The van der Waals surface area contributed by atoms with Gasteiger partial charge in [-0.25, -0.2) is 22.9 Å². The van der Waals surface area contributed by atoms with Crippen LogP contribution in [0, 0.1) is 19.3 Å². The number of halogens is 1. The Labute approximate surface area is 266 Å². The molecule has 0 radical (unpaired) electrons. The Hall–Kier alpha value is -3.87. The molecule has 0 saturated heterocycles. The number of carbonyl (C=O) groups is 1. The monoisotopic (exact) mass is 681 g/mol. The van der Waals surface area contributed by atoms with Crippen molar-refractivity contribution in [1.29, 1.82) is 0 Å². The third-order valence-electron chi connectivity index (χ3n) is 6.71. The van der Waals surface area contributed by atoms with E-state index in [1.807, 2.05) is 44.2 Å². The molecule has 4 rings (SSSR count). The molecular formula is C32H36BrN5O5S. The van der Waals surface area contributed by atoms with Crippen molar-refractivity contribution in [2.24, 2.45) is 5.41 Å². The minimum Gasteiger partial charge on any atom is -0.478 e. The SMILES string of the molecule is Cc1cccc(C)c1-c1cc(OC[C@@H](CC(C)(C)C)NCc2ccc(Br)cn2)nc(NS(=O)(=O)c2cccc(C(=O)O)c2)n1. The molecule has 44 heavy (non-hydrogen) atoms. The van der Waals surface area contributed by atoms with Crippen molar-refractivity contribution in [3.05, 3.63) is 93.7 Å². The molecule has 0 unspecified atom stereocenters. The van der Waals surface area contributed by atoms with Gasteiger partial charge in [-0.15, -0.1) is 0 Å². The Morgan fingerprint density at radius 3 is 2.36 bits per heavy atom. The molecule has 0 aliphatic rings. The first-order valence-corrected chi connectivity index (χ1v) is 16.3. The van der Waals surface area contributed by atoms with Gasteiger partial charge >= 0.3 is 5.97 Å². The molecule has 2 aromatic heterocycles. The summed E-state index contributed by atoms with van der Waals surface area (Å²) in [6.07, 6.45) is 2.54. The van der Waals surface area contributed by atoms with E-state index < -0.39 is 16.0 Å². The van der Waals surface area contributed by atoms with Crippen molar-refractivity contribution in [1.82, 2.24) is 20.3 Å². The number of carboxylic acids is 1. The molecule has 10 nitrogen and oxygen atoms in total. The summed E-state index contributed by atoms with van der Waals surface area (Å²) in [5.41, 5.74) is 3.95. The molecule has 232 valence electrons. The summed E-state index contributed by atoms with van der Waals surface area (Å²) in [5.74, 6) is -1.24. The maximum Gasteiger partial charge on any atom is 0.335 e. The summed E-state index contributed by atoms with van der Waals surface area (Å²) >= 11 is 3.41. The number of hydrogen-bond acceptors (Lipinski definition) is 8. The number of aryl methyl sites for hydroxylation is 2. The van der Waals surface area contributed by atoms with Crippen LogP contribution in [-0.2, 0) is 16.6 Å². The van der Waals surface area contributed by atoms with Gasteiger partial charge in [-0.3, -0.25) is 4.98 Å². The van der Waals surface area contributed by atoms with Crippen molar-refractivity contribution in [3.8, 4) is 17.1 Å². The van der Waals surface area contributed by atoms with Crippen LogP contribution in [-0.4, -0.2) is 47.1 Å². The molecule has 0 saturated carbocycles. The molecule has 0 bridgehead atoms. The van der Waals surface area contributed by atoms with Crippen LogP contribution in [0.15, 0.2) is 76.2 Å². The van der Waals surface area contributed by atoms with Crippen LogP contribution in [0.3, 0.4) is 0 Å². The van der Waals surface area contributed by atoms with Crippen LogP contribution < -0.4 is 14.8 Å². The van der Waals surface area contributed by atoms with E-state index in [9.17, 15) is 18.3 Å². The van der Waals surface area contributed by atoms with Gasteiger partial charge < -0.3 is 15.2 Å². The molecule has 2 aromatic carbocycles. The average molecular weight is 683 g/mol. The largest absolute Gasteiger partial charge is 0.478 e. The summed E-state index contributed by atoms with van der Waals surface area (Å²) in [5, 5.41) is 12.9. The molecule has 1 atom stereocenters. The Morgan fingerprint density at radius 1 is 1.02 bits per heavy atom. The van der Waals surface area contributed by atoms with Crippen molar-refractivity contribution in [3.63, 3.8) is 0 Å². The summed E-state index contributed by atoms with van der Waals surface area (Å²) in [4.78, 5) is 24.6. The third kappa shape index (κ3) is 9.07. The molecule has 0 aliphatic carbocycles. The molecule has 12 heteroatoms. The molecule has 2 heterocycles. The van der Waals surface area contributed by atoms with E-state index in [4.69, 9.17) is 4.74 Å². The van der Waals surface area contributed by atoms with E-state index in [2.05, 4.69) is 61.7 Å². The fraction of sp³-hybridized carbons (Fsp3) is 0.312. The topological polar surface area (TPSA) is 143 Å². The number of nitrogens with one attached hydrogen (secondary N) is 2. The van der Waals surface area contributed by atoms with E-state index in [1.54, 1.807) is 12.3 Å². The molecule has 0 aliphatic heterocycles. The number of benzene rings is 2. The molecule has 0 fully saturated rings. The fourth-order valence-corrected chi connectivity index (χ4v) is 5.97. The lowest BCUT2D eigenvalue weighted by Crippen LogP contribution is -2.37. The molecule has 0 spiro atoms. The van der Waals surface area contributed by atoms with E-state index in [0.29, 0.717) is 12.2 Å². The van der Waals surface area contributed by atoms with Gasteiger partial charge in [0.15, 0.2) is 0 Å². The Morgan fingerprint density at radius 2 is 1.73 bits per heavy atom. The first-order chi connectivity index (χ1) is 20.7. The van der Waals surface area contributed by atoms with Gasteiger partial charge in [0, 0.05) is 34.9 Å². The van der Waals surface area contributed by atoms with Crippen molar-refractivity contribution in [2.75, 3.05) is 11.3 Å². The van der Waals surface area contributed by atoms with Gasteiger partial charge in [-0.05, 0) is 83.1 Å².